The largest absolute Gasteiger partial charge is 0.477 e. The van der Waals surface area contributed by atoms with E-state index in [1.807, 2.05) is 0 Å². The van der Waals surface area contributed by atoms with Crippen LogP contribution in [0.3, 0.4) is 0 Å². The fraction of sp³-hybridized carbons (Fsp3) is 0.333. The van der Waals surface area contributed by atoms with E-state index in [9.17, 15) is 14.3 Å². The standard InChI is InChI=1S/C15H16FN3O3/c16-10-1-3-11(4-2-10)19-14(17)12(15(20)21)13(18-19)9-5-7-22-8-6-9/h1-4,9H,5-8,17H2,(H,20,21). The Balaban J connectivity index is 2.08. The summed E-state index contributed by atoms with van der Waals surface area (Å²) in [5, 5.41) is 13.8. The van der Waals surface area contributed by atoms with E-state index >= 15 is 0 Å². The van der Waals surface area contributed by atoms with Crippen molar-refractivity contribution in [2.45, 2.75) is 18.8 Å². The number of carbonyl (C=O) groups is 1. The van der Waals surface area contributed by atoms with Gasteiger partial charge in [-0.05, 0) is 37.1 Å². The number of aromatic carboxylic acids is 1. The molecule has 116 valence electrons. The van der Waals surface area contributed by atoms with Gasteiger partial charge in [-0.1, -0.05) is 0 Å². The lowest BCUT2D eigenvalue weighted by Crippen LogP contribution is -2.17. The lowest BCUT2D eigenvalue weighted by molar-refractivity contribution is 0.0686. The Hall–Kier alpha value is -2.41. The Morgan fingerprint density at radius 1 is 1.32 bits per heavy atom. The highest BCUT2D eigenvalue weighted by molar-refractivity contribution is 5.94. The number of carboxylic acid groups (broad SMARTS) is 1. The minimum Gasteiger partial charge on any atom is -0.477 e. The Labute approximate surface area is 126 Å². The molecule has 0 aliphatic carbocycles. The second-order valence-corrected chi connectivity index (χ2v) is 5.23. The van der Waals surface area contributed by atoms with Crippen molar-refractivity contribution >= 4 is 11.8 Å². The van der Waals surface area contributed by atoms with Crippen LogP contribution in [0.15, 0.2) is 24.3 Å². The van der Waals surface area contributed by atoms with Gasteiger partial charge in [0, 0.05) is 19.1 Å². The number of aromatic nitrogens is 2. The van der Waals surface area contributed by atoms with Gasteiger partial charge in [0.15, 0.2) is 0 Å². The SMILES string of the molecule is Nc1c(C(=O)O)c(C2CCOCC2)nn1-c1ccc(F)cc1. The zero-order valence-corrected chi connectivity index (χ0v) is 11.8. The Kier molecular flexibility index (Phi) is 3.81. The summed E-state index contributed by atoms with van der Waals surface area (Å²) < 4.78 is 19.7. The van der Waals surface area contributed by atoms with Crippen LogP contribution in [0.2, 0.25) is 0 Å². The van der Waals surface area contributed by atoms with Crippen molar-refractivity contribution in [3.8, 4) is 5.69 Å². The molecule has 1 fully saturated rings. The van der Waals surface area contributed by atoms with Crippen LogP contribution in [0.4, 0.5) is 10.2 Å². The summed E-state index contributed by atoms with van der Waals surface area (Å²) in [6, 6.07) is 5.59. The van der Waals surface area contributed by atoms with Gasteiger partial charge in [0.2, 0.25) is 0 Å². The number of halogens is 1. The molecule has 3 rings (SSSR count). The van der Waals surface area contributed by atoms with Crippen molar-refractivity contribution in [3.63, 3.8) is 0 Å². The number of ether oxygens (including phenoxy) is 1. The molecule has 3 N–H and O–H groups in total. The molecule has 0 radical (unpaired) electrons. The molecule has 1 aromatic carbocycles. The first-order valence-corrected chi connectivity index (χ1v) is 7.03. The fourth-order valence-electron chi connectivity index (χ4n) is 2.70. The number of nitrogens with zero attached hydrogens (tertiary/aromatic N) is 2. The van der Waals surface area contributed by atoms with Crippen molar-refractivity contribution < 1.29 is 19.0 Å². The van der Waals surface area contributed by atoms with Crippen LogP contribution in [0.1, 0.15) is 34.8 Å². The molecule has 0 saturated carbocycles. The molecule has 0 unspecified atom stereocenters. The zero-order valence-electron chi connectivity index (χ0n) is 11.8. The number of nitrogens with two attached hydrogens (primary N) is 1. The summed E-state index contributed by atoms with van der Waals surface area (Å²) in [6.45, 7) is 1.15. The Morgan fingerprint density at radius 3 is 2.55 bits per heavy atom. The molecule has 0 amide bonds. The molecule has 2 aromatic rings. The molecular weight excluding hydrogens is 289 g/mol. The monoisotopic (exact) mass is 305 g/mol. The minimum atomic E-state index is -1.10. The molecule has 22 heavy (non-hydrogen) atoms. The maximum Gasteiger partial charge on any atom is 0.341 e. The Morgan fingerprint density at radius 2 is 1.95 bits per heavy atom. The highest BCUT2D eigenvalue weighted by atomic mass is 19.1. The number of rotatable bonds is 3. The van der Waals surface area contributed by atoms with Gasteiger partial charge >= 0.3 is 5.97 Å². The molecule has 0 bridgehead atoms. The number of hydrogen-bond acceptors (Lipinski definition) is 4. The normalized spacial score (nSPS) is 15.9. The number of anilines is 1. The average molecular weight is 305 g/mol. The second kappa shape index (κ2) is 5.76. The van der Waals surface area contributed by atoms with Crippen molar-refractivity contribution in [3.05, 3.63) is 41.3 Å². The topological polar surface area (TPSA) is 90.4 Å². The lowest BCUT2D eigenvalue weighted by Gasteiger charge is -2.20. The van der Waals surface area contributed by atoms with Crippen molar-refractivity contribution in [1.29, 1.82) is 0 Å². The first kappa shape index (κ1) is 14.5. The van der Waals surface area contributed by atoms with E-state index < -0.39 is 5.97 Å². The summed E-state index contributed by atoms with van der Waals surface area (Å²) in [6.07, 6.45) is 1.42. The third-order valence-electron chi connectivity index (χ3n) is 3.84. The second-order valence-electron chi connectivity index (χ2n) is 5.23. The van der Waals surface area contributed by atoms with Gasteiger partial charge < -0.3 is 15.6 Å². The number of hydrogen-bond donors (Lipinski definition) is 2. The van der Waals surface area contributed by atoms with E-state index in [-0.39, 0.29) is 23.1 Å². The fourth-order valence-corrected chi connectivity index (χ4v) is 2.70. The molecule has 2 heterocycles. The van der Waals surface area contributed by atoms with Gasteiger partial charge in [-0.15, -0.1) is 0 Å². The molecular formula is C15H16FN3O3. The van der Waals surface area contributed by atoms with Crippen LogP contribution in [0, 0.1) is 5.82 Å². The highest BCUT2D eigenvalue weighted by Gasteiger charge is 2.29. The van der Waals surface area contributed by atoms with Crippen LogP contribution in [-0.4, -0.2) is 34.1 Å². The third kappa shape index (κ3) is 2.55. The summed E-state index contributed by atoms with van der Waals surface area (Å²) >= 11 is 0. The van der Waals surface area contributed by atoms with E-state index in [4.69, 9.17) is 10.5 Å². The van der Waals surface area contributed by atoms with E-state index in [1.165, 1.54) is 28.9 Å². The summed E-state index contributed by atoms with van der Waals surface area (Å²) in [7, 11) is 0. The van der Waals surface area contributed by atoms with E-state index in [0.29, 0.717) is 37.4 Å². The molecule has 6 nitrogen and oxygen atoms in total. The molecule has 7 heteroatoms. The number of carboxylic acids is 1. The molecule has 1 aliphatic rings. The third-order valence-corrected chi connectivity index (χ3v) is 3.84. The van der Waals surface area contributed by atoms with Crippen LogP contribution in [0.25, 0.3) is 5.69 Å². The molecule has 0 spiro atoms. The summed E-state index contributed by atoms with van der Waals surface area (Å²) in [5.74, 6) is -1.42. The zero-order chi connectivity index (χ0) is 15.7. The van der Waals surface area contributed by atoms with Gasteiger partial charge in [-0.2, -0.15) is 5.10 Å². The summed E-state index contributed by atoms with van der Waals surface area (Å²) in [4.78, 5) is 11.6. The highest BCUT2D eigenvalue weighted by Crippen LogP contribution is 2.32. The first-order valence-electron chi connectivity index (χ1n) is 7.03. The van der Waals surface area contributed by atoms with Crippen molar-refractivity contribution in [2.24, 2.45) is 0 Å². The number of nitrogen functional groups attached to an aromatic ring is 1. The molecule has 1 saturated heterocycles. The smallest absolute Gasteiger partial charge is 0.341 e. The van der Waals surface area contributed by atoms with Gasteiger partial charge in [0.1, 0.15) is 17.2 Å². The average Bonchev–Trinajstić information content (AvgIpc) is 2.87. The van der Waals surface area contributed by atoms with E-state index in [1.54, 1.807) is 0 Å². The van der Waals surface area contributed by atoms with Crippen LogP contribution >= 0.6 is 0 Å². The van der Waals surface area contributed by atoms with Crippen LogP contribution in [0.5, 0.6) is 0 Å². The predicted molar refractivity (Wildman–Crippen MR) is 77.7 cm³/mol. The predicted octanol–water partition coefficient (Wildman–Crippen LogP) is 2.19. The van der Waals surface area contributed by atoms with Crippen molar-refractivity contribution in [1.82, 2.24) is 9.78 Å². The minimum absolute atomic E-state index is 0.00356. The van der Waals surface area contributed by atoms with Gasteiger partial charge in [-0.3, -0.25) is 0 Å². The molecule has 1 aliphatic heterocycles. The quantitative estimate of drug-likeness (QED) is 0.907. The van der Waals surface area contributed by atoms with Gasteiger partial charge in [-0.25, -0.2) is 13.9 Å². The first-order chi connectivity index (χ1) is 10.6. The van der Waals surface area contributed by atoms with Crippen LogP contribution < -0.4 is 5.73 Å². The summed E-state index contributed by atoms with van der Waals surface area (Å²) in [5.41, 5.74) is 7.00. The maximum absolute atomic E-state index is 13.0. The van der Waals surface area contributed by atoms with E-state index in [0.717, 1.165) is 0 Å². The van der Waals surface area contributed by atoms with E-state index in [2.05, 4.69) is 5.10 Å². The van der Waals surface area contributed by atoms with Gasteiger partial charge in [0.05, 0.1) is 11.4 Å². The molecule has 1 aromatic heterocycles. The Bertz CT molecular complexity index is 691. The lowest BCUT2D eigenvalue weighted by atomic mass is 9.94. The van der Waals surface area contributed by atoms with Gasteiger partial charge in [0.25, 0.3) is 0 Å². The van der Waals surface area contributed by atoms with Crippen LogP contribution in [-0.2, 0) is 4.74 Å². The number of benzene rings is 1. The van der Waals surface area contributed by atoms with Crippen molar-refractivity contribution in [2.75, 3.05) is 18.9 Å². The molecule has 0 atom stereocenters. The maximum atomic E-state index is 13.0.